The van der Waals surface area contributed by atoms with Crippen LogP contribution in [0.2, 0.25) is 0 Å². The van der Waals surface area contributed by atoms with E-state index in [1.807, 2.05) is 0 Å². The van der Waals surface area contributed by atoms with Crippen molar-refractivity contribution in [2.75, 3.05) is 0 Å². The number of hydrogen-bond donors (Lipinski definition) is 0. The number of ether oxygens (including phenoxy) is 2. The fourth-order valence-corrected chi connectivity index (χ4v) is 5.99. The Labute approximate surface area is 284 Å². The van der Waals surface area contributed by atoms with Gasteiger partial charge in [0.05, 0.1) is 0 Å². The molecule has 1 saturated carbocycles. The van der Waals surface area contributed by atoms with Crippen LogP contribution in [0, 0.1) is 5.92 Å². The van der Waals surface area contributed by atoms with E-state index >= 15 is 0 Å². The summed E-state index contributed by atoms with van der Waals surface area (Å²) in [6, 6.07) is 0. The molecule has 4 heteroatoms. The Hall–Kier alpha value is -2.10. The lowest BCUT2D eigenvalue weighted by Crippen LogP contribution is -2.40. The molecule has 1 aliphatic rings. The second-order valence-electron chi connectivity index (χ2n) is 13.6. The summed E-state index contributed by atoms with van der Waals surface area (Å²) in [7, 11) is 0. The van der Waals surface area contributed by atoms with E-state index < -0.39 is 0 Å². The SMILES string of the molecule is CCCCC=CCC=CCCCCCCCC(=O)OC1CCC(C)CC1OC(=O)CCCCCCCC=CCC=CCCCCC. The molecule has 46 heavy (non-hydrogen) atoms. The van der Waals surface area contributed by atoms with Gasteiger partial charge in [-0.05, 0) is 95.8 Å². The Morgan fingerprint density at radius 3 is 1.41 bits per heavy atom. The number of rotatable bonds is 29. The lowest BCUT2D eigenvalue weighted by molar-refractivity contribution is -0.173. The predicted molar refractivity (Wildman–Crippen MR) is 197 cm³/mol. The smallest absolute Gasteiger partial charge is 0.306 e. The summed E-state index contributed by atoms with van der Waals surface area (Å²) in [6.45, 7) is 6.67. The number of allylic oxidation sites excluding steroid dienone is 8. The first-order chi connectivity index (χ1) is 22.6. The van der Waals surface area contributed by atoms with Crippen LogP contribution in [0.3, 0.4) is 0 Å². The maximum absolute atomic E-state index is 12.6. The topological polar surface area (TPSA) is 52.6 Å². The largest absolute Gasteiger partial charge is 0.458 e. The van der Waals surface area contributed by atoms with Gasteiger partial charge in [0.2, 0.25) is 0 Å². The van der Waals surface area contributed by atoms with Gasteiger partial charge in [0.25, 0.3) is 0 Å². The van der Waals surface area contributed by atoms with Gasteiger partial charge in [-0.1, -0.05) is 134 Å². The molecule has 0 radical (unpaired) electrons. The lowest BCUT2D eigenvalue weighted by Gasteiger charge is -2.33. The third kappa shape index (κ3) is 26.0. The van der Waals surface area contributed by atoms with Gasteiger partial charge in [-0.25, -0.2) is 0 Å². The monoisotopic (exact) mass is 641 g/mol. The van der Waals surface area contributed by atoms with Crippen LogP contribution >= 0.6 is 0 Å². The van der Waals surface area contributed by atoms with E-state index in [0.717, 1.165) is 83.5 Å². The molecule has 1 fully saturated rings. The molecule has 4 nitrogen and oxygen atoms in total. The second kappa shape index (κ2) is 31.5. The summed E-state index contributed by atoms with van der Waals surface area (Å²) in [4.78, 5) is 25.2. The number of carbonyl (C=O) groups is 2. The molecule has 0 aromatic carbocycles. The first kappa shape index (κ1) is 41.9. The van der Waals surface area contributed by atoms with Gasteiger partial charge in [0.1, 0.15) is 12.2 Å². The first-order valence-corrected chi connectivity index (χ1v) is 19.6. The van der Waals surface area contributed by atoms with Crippen molar-refractivity contribution in [1.29, 1.82) is 0 Å². The van der Waals surface area contributed by atoms with Gasteiger partial charge >= 0.3 is 11.9 Å². The summed E-state index contributed by atoms with van der Waals surface area (Å²) in [6.07, 6.45) is 45.5. The van der Waals surface area contributed by atoms with E-state index in [0.29, 0.717) is 18.8 Å². The number of carbonyl (C=O) groups excluding carboxylic acids is 2. The average molecular weight is 641 g/mol. The molecule has 0 aromatic rings. The number of hydrogen-bond acceptors (Lipinski definition) is 4. The Morgan fingerprint density at radius 1 is 0.500 bits per heavy atom. The zero-order chi connectivity index (χ0) is 33.3. The summed E-state index contributed by atoms with van der Waals surface area (Å²) >= 11 is 0. The molecular formula is C42H72O4. The van der Waals surface area contributed by atoms with Crippen molar-refractivity contribution in [3.05, 3.63) is 48.6 Å². The molecule has 0 saturated heterocycles. The quantitative estimate of drug-likeness (QED) is 0.0464. The van der Waals surface area contributed by atoms with Crippen LogP contribution in [0.15, 0.2) is 48.6 Å². The van der Waals surface area contributed by atoms with Gasteiger partial charge < -0.3 is 9.47 Å². The van der Waals surface area contributed by atoms with E-state index in [4.69, 9.17) is 9.47 Å². The van der Waals surface area contributed by atoms with Crippen molar-refractivity contribution < 1.29 is 19.1 Å². The minimum Gasteiger partial charge on any atom is -0.458 e. The fourth-order valence-electron chi connectivity index (χ4n) is 5.99. The zero-order valence-corrected chi connectivity index (χ0v) is 30.4. The molecule has 0 heterocycles. The molecule has 264 valence electrons. The molecule has 3 unspecified atom stereocenters. The Morgan fingerprint density at radius 2 is 0.913 bits per heavy atom. The van der Waals surface area contributed by atoms with Crippen molar-refractivity contribution in [2.45, 2.75) is 200 Å². The van der Waals surface area contributed by atoms with E-state index in [1.165, 1.54) is 70.6 Å². The summed E-state index contributed by atoms with van der Waals surface area (Å²) in [5.41, 5.74) is 0. The molecule has 3 atom stereocenters. The minimum atomic E-state index is -0.293. The second-order valence-corrected chi connectivity index (χ2v) is 13.6. The molecule has 1 rings (SSSR count). The van der Waals surface area contributed by atoms with Gasteiger partial charge in [0.15, 0.2) is 0 Å². The Bertz CT molecular complexity index is 839. The third-order valence-electron chi connectivity index (χ3n) is 8.97. The highest BCUT2D eigenvalue weighted by Gasteiger charge is 2.34. The fraction of sp³-hybridized carbons (Fsp3) is 0.762. The Kier molecular flexibility index (Phi) is 28.7. The lowest BCUT2D eigenvalue weighted by atomic mass is 9.86. The summed E-state index contributed by atoms with van der Waals surface area (Å²) in [5.74, 6) is 0.217. The minimum absolute atomic E-state index is 0.135. The number of unbranched alkanes of at least 4 members (excludes halogenated alkanes) is 15. The van der Waals surface area contributed by atoms with E-state index in [9.17, 15) is 9.59 Å². The van der Waals surface area contributed by atoms with Crippen molar-refractivity contribution in [3.8, 4) is 0 Å². The Balaban J connectivity index is 2.10. The summed E-state index contributed by atoms with van der Waals surface area (Å²) < 4.78 is 11.7. The van der Waals surface area contributed by atoms with Crippen molar-refractivity contribution >= 4 is 11.9 Å². The van der Waals surface area contributed by atoms with Crippen LogP contribution < -0.4 is 0 Å². The molecule has 0 amide bonds. The maximum Gasteiger partial charge on any atom is 0.306 e. The first-order valence-electron chi connectivity index (χ1n) is 19.6. The molecule has 0 bridgehead atoms. The highest BCUT2D eigenvalue weighted by Crippen LogP contribution is 2.29. The summed E-state index contributed by atoms with van der Waals surface area (Å²) in [5, 5.41) is 0. The van der Waals surface area contributed by atoms with Crippen LogP contribution in [-0.4, -0.2) is 24.1 Å². The maximum atomic E-state index is 12.6. The van der Waals surface area contributed by atoms with E-state index in [1.54, 1.807) is 0 Å². The average Bonchev–Trinajstić information content (AvgIpc) is 3.04. The van der Waals surface area contributed by atoms with Gasteiger partial charge in [-0.15, -0.1) is 0 Å². The molecule has 0 spiro atoms. The van der Waals surface area contributed by atoms with Crippen molar-refractivity contribution in [3.63, 3.8) is 0 Å². The molecule has 0 aromatic heterocycles. The van der Waals surface area contributed by atoms with E-state index in [-0.39, 0.29) is 24.1 Å². The van der Waals surface area contributed by atoms with Crippen molar-refractivity contribution in [1.82, 2.24) is 0 Å². The molecule has 0 N–H and O–H groups in total. The third-order valence-corrected chi connectivity index (χ3v) is 8.97. The van der Waals surface area contributed by atoms with Gasteiger partial charge in [-0.2, -0.15) is 0 Å². The normalized spacial score (nSPS) is 18.8. The van der Waals surface area contributed by atoms with Crippen LogP contribution in [0.4, 0.5) is 0 Å². The highest BCUT2D eigenvalue weighted by molar-refractivity contribution is 5.70. The van der Waals surface area contributed by atoms with Gasteiger partial charge in [-0.3, -0.25) is 9.59 Å². The number of esters is 2. The zero-order valence-electron chi connectivity index (χ0n) is 30.4. The van der Waals surface area contributed by atoms with Crippen LogP contribution in [0.25, 0.3) is 0 Å². The van der Waals surface area contributed by atoms with Gasteiger partial charge in [0, 0.05) is 12.8 Å². The molecule has 1 aliphatic carbocycles. The molecular weight excluding hydrogens is 568 g/mol. The predicted octanol–water partition coefficient (Wildman–Crippen LogP) is 12.9. The van der Waals surface area contributed by atoms with Crippen LogP contribution in [0.5, 0.6) is 0 Å². The standard InChI is InChI=1S/C42H72O4/c1-4-6-8-10-12-14-16-18-20-22-24-26-28-30-32-34-42(44)46-40-37-38(3)35-36-39(40)45-41(43)33-31-29-27-25-23-21-19-17-15-13-11-9-7-5-2/h11-14,17-20,38-40H,4-10,15-16,21-37H2,1-3H3. The van der Waals surface area contributed by atoms with Crippen LogP contribution in [0.1, 0.15) is 188 Å². The molecule has 0 aliphatic heterocycles. The highest BCUT2D eigenvalue weighted by atomic mass is 16.6. The van der Waals surface area contributed by atoms with E-state index in [2.05, 4.69) is 69.4 Å². The van der Waals surface area contributed by atoms with Crippen LogP contribution in [-0.2, 0) is 19.1 Å². The van der Waals surface area contributed by atoms with Crippen molar-refractivity contribution in [2.24, 2.45) is 5.92 Å².